The summed E-state index contributed by atoms with van der Waals surface area (Å²) in [5.41, 5.74) is 1.88. The van der Waals surface area contributed by atoms with Gasteiger partial charge in [0.25, 0.3) is 0 Å². The van der Waals surface area contributed by atoms with Gasteiger partial charge >= 0.3 is 18.2 Å². The Labute approximate surface area is 270 Å². The quantitative estimate of drug-likeness (QED) is 0.193. The minimum absolute atomic E-state index is 0.102. The number of nitrogens with zero attached hydrogens (tertiary/aromatic N) is 2. The second-order valence-electron chi connectivity index (χ2n) is 12.8. The molecule has 240 valence electrons. The Bertz CT molecular complexity index is 1660. The number of carbonyl (C=O) groups excluding carboxylic acids is 3. The fourth-order valence-electron chi connectivity index (χ4n) is 6.21. The number of hydrogen-bond donors (Lipinski definition) is 0. The van der Waals surface area contributed by atoms with Crippen molar-refractivity contribution in [3.8, 4) is 5.75 Å². The molecule has 5 rings (SSSR count). The van der Waals surface area contributed by atoms with E-state index in [1.165, 1.54) is 12.7 Å². The molecule has 8 heteroatoms. The standard InChI is InChI=1S/C38H42N2O6/c1-26(32-17-11-15-28-14-9-10-16-34(28)32)40(37(43)46-38(2,3)4)25-30-24-39(23-22-33(30)27-12-7-6-8-13-27)36(42)45-31-20-18-29(19-21-31)35(41)44-5/h6-21,26,30,33H,22-25H2,1-5H3/t26-,30?,33?/m1/s1. The normalized spacial score (nSPS) is 17.2. The number of ether oxygens (including phenoxy) is 3. The Balaban J connectivity index is 1.44. The smallest absolute Gasteiger partial charge is 0.415 e. The van der Waals surface area contributed by atoms with Crippen LogP contribution in [0.5, 0.6) is 5.75 Å². The molecule has 0 aliphatic carbocycles. The van der Waals surface area contributed by atoms with Crippen molar-refractivity contribution in [3.63, 3.8) is 0 Å². The van der Waals surface area contributed by atoms with E-state index in [1.54, 1.807) is 29.2 Å². The van der Waals surface area contributed by atoms with Gasteiger partial charge in [-0.25, -0.2) is 14.4 Å². The predicted octanol–water partition coefficient (Wildman–Crippen LogP) is 8.23. The highest BCUT2D eigenvalue weighted by atomic mass is 16.6. The molecule has 1 saturated heterocycles. The number of piperidine rings is 1. The summed E-state index contributed by atoms with van der Waals surface area (Å²) >= 11 is 0. The Kier molecular flexibility index (Phi) is 9.95. The fraction of sp³-hybridized carbons (Fsp3) is 0.342. The van der Waals surface area contributed by atoms with Gasteiger partial charge in [-0.3, -0.25) is 0 Å². The van der Waals surface area contributed by atoms with Crippen LogP contribution in [0.1, 0.15) is 67.6 Å². The van der Waals surface area contributed by atoms with E-state index >= 15 is 0 Å². The van der Waals surface area contributed by atoms with Gasteiger partial charge in [0, 0.05) is 25.6 Å². The first-order valence-electron chi connectivity index (χ1n) is 15.7. The zero-order valence-electron chi connectivity index (χ0n) is 27.1. The second-order valence-corrected chi connectivity index (χ2v) is 12.8. The molecular weight excluding hydrogens is 580 g/mol. The van der Waals surface area contributed by atoms with E-state index in [2.05, 4.69) is 36.4 Å². The molecule has 2 unspecified atom stereocenters. The first kappa shape index (κ1) is 32.5. The lowest BCUT2D eigenvalue weighted by Crippen LogP contribution is -2.49. The van der Waals surface area contributed by atoms with Crippen molar-refractivity contribution in [1.82, 2.24) is 9.80 Å². The highest BCUT2D eigenvalue weighted by molar-refractivity contribution is 5.89. The van der Waals surface area contributed by atoms with Crippen molar-refractivity contribution in [1.29, 1.82) is 0 Å². The largest absolute Gasteiger partial charge is 0.465 e. The fourth-order valence-corrected chi connectivity index (χ4v) is 6.21. The van der Waals surface area contributed by atoms with Crippen LogP contribution in [-0.2, 0) is 9.47 Å². The summed E-state index contributed by atoms with van der Waals surface area (Å²) in [4.78, 5) is 42.7. The molecule has 3 atom stereocenters. The van der Waals surface area contributed by atoms with Crippen LogP contribution in [0.15, 0.2) is 97.1 Å². The molecule has 1 fully saturated rings. The number of amides is 2. The molecule has 0 N–H and O–H groups in total. The molecule has 1 aliphatic heterocycles. The summed E-state index contributed by atoms with van der Waals surface area (Å²) in [6.07, 6.45) is -0.172. The number of benzene rings is 4. The van der Waals surface area contributed by atoms with E-state index in [-0.39, 0.29) is 17.9 Å². The molecule has 0 radical (unpaired) electrons. The van der Waals surface area contributed by atoms with Crippen LogP contribution in [0, 0.1) is 5.92 Å². The van der Waals surface area contributed by atoms with E-state index in [9.17, 15) is 14.4 Å². The van der Waals surface area contributed by atoms with Crippen molar-refractivity contribution in [2.45, 2.75) is 51.7 Å². The van der Waals surface area contributed by atoms with Crippen LogP contribution in [0.25, 0.3) is 10.8 Å². The third-order valence-corrected chi connectivity index (χ3v) is 8.50. The van der Waals surface area contributed by atoms with Gasteiger partial charge in [0.05, 0.1) is 18.7 Å². The Hall–Kier alpha value is -4.85. The van der Waals surface area contributed by atoms with Crippen LogP contribution < -0.4 is 4.74 Å². The SMILES string of the molecule is COC(=O)c1ccc(OC(=O)N2CCC(c3ccccc3)C(CN(C(=O)OC(C)(C)C)[C@H](C)c3cccc4ccccc34)C2)cc1. The van der Waals surface area contributed by atoms with Crippen molar-refractivity contribution in [3.05, 3.63) is 114 Å². The van der Waals surface area contributed by atoms with Gasteiger partial charge in [0.2, 0.25) is 0 Å². The Morgan fingerprint density at radius 3 is 2.26 bits per heavy atom. The highest BCUT2D eigenvalue weighted by Crippen LogP contribution is 2.37. The number of carbonyl (C=O) groups is 3. The maximum atomic E-state index is 13.9. The highest BCUT2D eigenvalue weighted by Gasteiger charge is 2.38. The Morgan fingerprint density at radius 1 is 0.891 bits per heavy atom. The third kappa shape index (κ3) is 7.68. The van der Waals surface area contributed by atoms with Crippen molar-refractivity contribution >= 4 is 28.9 Å². The molecule has 4 aromatic rings. The zero-order valence-corrected chi connectivity index (χ0v) is 27.1. The predicted molar refractivity (Wildman–Crippen MR) is 178 cm³/mol. The van der Waals surface area contributed by atoms with Crippen LogP contribution in [0.4, 0.5) is 9.59 Å². The van der Waals surface area contributed by atoms with Gasteiger partial charge in [-0.15, -0.1) is 0 Å². The van der Waals surface area contributed by atoms with Gasteiger partial charge < -0.3 is 24.0 Å². The van der Waals surface area contributed by atoms with E-state index in [4.69, 9.17) is 14.2 Å². The number of likely N-dealkylation sites (tertiary alicyclic amines) is 1. The number of hydrogen-bond acceptors (Lipinski definition) is 6. The minimum Gasteiger partial charge on any atom is -0.465 e. The molecule has 0 spiro atoms. The number of fused-ring (bicyclic) bond motifs is 1. The van der Waals surface area contributed by atoms with Gasteiger partial charge in [-0.1, -0.05) is 72.8 Å². The van der Waals surface area contributed by atoms with Crippen LogP contribution in [-0.4, -0.2) is 60.3 Å². The lowest BCUT2D eigenvalue weighted by molar-refractivity contribution is 0.00924. The summed E-state index contributed by atoms with van der Waals surface area (Å²) in [6, 6.07) is 30.6. The lowest BCUT2D eigenvalue weighted by Gasteiger charge is -2.42. The first-order chi connectivity index (χ1) is 22.0. The minimum atomic E-state index is -0.682. The van der Waals surface area contributed by atoms with Crippen molar-refractivity contribution < 1.29 is 28.6 Å². The van der Waals surface area contributed by atoms with Gasteiger partial charge in [0.1, 0.15) is 11.4 Å². The summed E-state index contributed by atoms with van der Waals surface area (Å²) in [6.45, 7) is 8.91. The summed E-state index contributed by atoms with van der Waals surface area (Å²) in [7, 11) is 1.32. The van der Waals surface area contributed by atoms with Crippen molar-refractivity contribution in [2.24, 2.45) is 5.92 Å². The number of esters is 1. The van der Waals surface area contributed by atoms with Gasteiger partial charge in [-0.05, 0) is 86.2 Å². The van der Waals surface area contributed by atoms with E-state index < -0.39 is 23.8 Å². The van der Waals surface area contributed by atoms with Crippen LogP contribution in [0.2, 0.25) is 0 Å². The van der Waals surface area contributed by atoms with E-state index in [1.807, 2.05) is 69.0 Å². The number of methoxy groups -OCH3 is 1. The Morgan fingerprint density at radius 2 is 1.57 bits per heavy atom. The maximum Gasteiger partial charge on any atom is 0.415 e. The van der Waals surface area contributed by atoms with Crippen LogP contribution in [0.3, 0.4) is 0 Å². The molecule has 4 aromatic carbocycles. The molecule has 46 heavy (non-hydrogen) atoms. The molecule has 0 saturated carbocycles. The summed E-state index contributed by atoms with van der Waals surface area (Å²) in [5.74, 6) is -0.125. The van der Waals surface area contributed by atoms with Crippen LogP contribution >= 0.6 is 0 Å². The first-order valence-corrected chi connectivity index (χ1v) is 15.7. The van der Waals surface area contributed by atoms with Crippen molar-refractivity contribution in [2.75, 3.05) is 26.7 Å². The van der Waals surface area contributed by atoms with Gasteiger partial charge in [0.15, 0.2) is 0 Å². The topological polar surface area (TPSA) is 85.4 Å². The molecule has 0 aromatic heterocycles. The van der Waals surface area contributed by atoms with E-state index in [0.29, 0.717) is 37.4 Å². The average molecular weight is 623 g/mol. The zero-order chi connectivity index (χ0) is 32.8. The molecule has 1 aliphatic rings. The molecule has 2 amide bonds. The van der Waals surface area contributed by atoms with Gasteiger partial charge in [-0.2, -0.15) is 0 Å². The maximum absolute atomic E-state index is 13.9. The monoisotopic (exact) mass is 622 g/mol. The molecular formula is C38H42N2O6. The number of rotatable bonds is 7. The second kappa shape index (κ2) is 14.1. The average Bonchev–Trinajstić information content (AvgIpc) is 3.06. The summed E-state index contributed by atoms with van der Waals surface area (Å²) in [5, 5.41) is 2.18. The lowest BCUT2D eigenvalue weighted by atomic mass is 9.80. The molecule has 0 bridgehead atoms. The molecule has 8 nitrogen and oxygen atoms in total. The summed E-state index contributed by atoms with van der Waals surface area (Å²) < 4.78 is 16.5. The molecule has 1 heterocycles. The third-order valence-electron chi connectivity index (χ3n) is 8.50. The van der Waals surface area contributed by atoms with E-state index in [0.717, 1.165) is 16.3 Å².